The van der Waals surface area contributed by atoms with Crippen LogP contribution in [0.1, 0.15) is 12.0 Å². The van der Waals surface area contributed by atoms with E-state index in [2.05, 4.69) is 9.97 Å². The molecule has 0 saturated carbocycles. The van der Waals surface area contributed by atoms with Gasteiger partial charge in [-0.2, -0.15) is 0 Å². The number of hydrogen-bond donors (Lipinski definition) is 1. The average Bonchev–Trinajstić information content (AvgIpc) is 2.07. The molecule has 58 valence electrons. The maximum atomic E-state index is 8.46. The molecule has 0 radical (unpaired) electrons. The fourth-order valence-corrected chi connectivity index (χ4v) is 0.691. The SMILES string of the molecule is OCCC=Cc1cncnc1. The van der Waals surface area contributed by atoms with E-state index >= 15 is 0 Å². The maximum absolute atomic E-state index is 8.46. The van der Waals surface area contributed by atoms with Crippen molar-refractivity contribution in [2.45, 2.75) is 6.42 Å². The second-order valence-corrected chi connectivity index (χ2v) is 2.09. The van der Waals surface area contributed by atoms with Crippen molar-refractivity contribution in [2.24, 2.45) is 0 Å². The number of aliphatic hydroxyl groups excluding tert-OH is 1. The van der Waals surface area contributed by atoms with Crippen molar-refractivity contribution < 1.29 is 5.11 Å². The highest BCUT2D eigenvalue weighted by atomic mass is 16.2. The molecule has 1 rings (SSSR count). The molecule has 0 aliphatic rings. The van der Waals surface area contributed by atoms with Gasteiger partial charge in [0, 0.05) is 24.6 Å². The molecule has 0 bridgehead atoms. The molecule has 0 aliphatic heterocycles. The summed E-state index contributed by atoms with van der Waals surface area (Å²) in [4.78, 5) is 7.68. The molecule has 1 heterocycles. The van der Waals surface area contributed by atoms with E-state index in [4.69, 9.17) is 5.11 Å². The Kier molecular flexibility index (Phi) is 3.28. The molecule has 0 aromatic carbocycles. The van der Waals surface area contributed by atoms with Crippen LogP contribution in [-0.2, 0) is 0 Å². The molecule has 0 amide bonds. The minimum absolute atomic E-state index is 0.185. The van der Waals surface area contributed by atoms with E-state index in [-0.39, 0.29) is 6.61 Å². The van der Waals surface area contributed by atoms with Gasteiger partial charge >= 0.3 is 0 Å². The van der Waals surface area contributed by atoms with Gasteiger partial charge < -0.3 is 5.11 Å². The van der Waals surface area contributed by atoms with Gasteiger partial charge in [-0.1, -0.05) is 12.2 Å². The number of hydrogen-bond acceptors (Lipinski definition) is 3. The van der Waals surface area contributed by atoms with Crippen LogP contribution < -0.4 is 0 Å². The molecule has 3 heteroatoms. The molecule has 0 saturated heterocycles. The smallest absolute Gasteiger partial charge is 0.115 e. The molecule has 1 aromatic rings. The van der Waals surface area contributed by atoms with Gasteiger partial charge in [0.1, 0.15) is 6.33 Å². The second kappa shape index (κ2) is 4.57. The first-order valence-electron chi connectivity index (χ1n) is 3.46. The zero-order chi connectivity index (χ0) is 7.94. The van der Waals surface area contributed by atoms with Crippen LogP contribution in [0.5, 0.6) is 0 Å². The molecule has 0 spiro atoms. The number of aliphatic hydroxyl groups is 1. The Morgan fingerprint density at radius 3 is 2.73 bits per heavy atom. The first-order valence-corrected chi connectivity index (χ1v) is 3.46. The number of nitrogens with zero attached hydrogens (tertiary/aromatic N) is 2. The quantitative estimate of drug-likeness (QED) is 0.695. The predicted molar refractivity (Wildman–Crippen MR) is 42.8 cm³/mol. The monoisotopic (exact) mass is 150 g/mol. The summed E-state index contributed by atoms with van der Waals surface area (Å²) in [5, 5.41) is 8.46. The highest BCUT2D eigenvalue weighted by Crippen LogP contribution is 1.96. The Bertz CT molecular complexity index is 221. The Labute approximate surface area is 65.4 Å². The largest absolute Gasteiger partial charge is 0.396 e. The maximum Gasteiger partial charge on any atom is 0.115 e. The van der Waals surface area contributed by atoms with Crippen molar-refractivity contribution in [2.75, 3.05) is 6.61 Å². The van der Waals surface area contributed by atoms with E-state index < -0.39 is 0 Å². The summed E-state index contributed by atoms with van der Waals surface area (Å²) in [7, 11) is 0. The van der Waals surface area contributed by atoms with Crippen molar-refractivity contribution in [3.8, 4) is 0 Å². The van der Waals surface area contributed by atoms with Crippen molar-refractivity contribution in [1.29, 1.82) is 0 Å². The van der Waals surface area contributed by atoms with Crippen LogP contribution in [0.4, 0.5) is 0 Å². The van der Waals surface area contributed by atoms with E-state index in [9.17, 15) is 0 Å². The zero-order valence-corrected chi connectivity index (χ0v) is 6.14. The Morgan fingerprint density at radius 1 is 1.36 bits per heavy atom. The van der Waals surface area contributed by atoms with E-state index in [1.165, 1.54) is 6.33 Å². The average molecular weight is 150 g/mol. The fraction of sp³-hybridized carbons (Fsp3) is 0.250. The third-order valence-electron chi connectivity index (χ3n) is 1.19. The Hall–Kier alpha value is -1.22. The van der Waals surface area contributed by atoms with Gasteiger partial charge in [0.05, 0.1) is 0 Å². The molecule has 1 aromatic heterocycles. The fourth-order valence-electron chi connectivity index (χ4n) is 0.691. The van der Waals surface area contributed by atoms with Gasteiger partial charge in [0.25, 0.3) is 0 Å². The van der Waals surface area contributed by atoms with Crippen molar-refractivity contribution in [3.05, 3.63) is 30.4 Å². The van der Waals surface area contributed by atoms with Crippen molar-refractivity contribution in [1.82, 2.24) is 9.97 Å². The molecular formula is C8H10N2O. The van der Waals surface area contributed by atoms with Crippen LogP contribution in [-0.4, -0.2) is 21.7 Å². The highest BCUT2D eigenvalue weighted by Gasteiger charge is 1.82. The van der Waals surface area contributed by atoms with Crippen LogP contribution in [0, 0.1) is 0 Å². The second-order valence-electron chi connectivity index (χ2n) is 2.09. The third kappa shape index (κ3) is 2.91. The van der Waals surface area contributed by atoms with Crippen LogP contribution in [0.15, 0.2) is 24.8 Å². The lowest BCUT2D eigenvalue weighted by atomic mass is 10.3. The molecule has 0 aliphatic carbocycles. The minimum atomic E-state index is 0.185. The zero-order valence-electron chi connectivity index (χ0n) is 6.14. The topological polar surface area (TPSA) is 46.0 Å². The molecule has 0 unspecified atom stereocenters. The minimum Gasteiger partial charge on any atom is -0.396 e. The lowest BCUT2D eigenvalue weighted by molar-refractivity contribution is 0.303. The van der Waals surface area contributed by atoms with Gasteiger partial charge in [-0.3, -0.25) is 0 Å². The standard InChI is InChI=1S/C8H10N2O/c11-4-2-1-3-8-5-9-7-10-6-8/h1,3,5-7,11H,2,4H2. The van der Waals surface area contributed by atoms with Crippen molar-refractivity contribution in [3.63, 3.8) is 0 Å². The van der Waals surface area contributed by atoms with Crippen LogP contribution in [0.25, 0.3) is 6.08 Å². The van der Waals surface area contributed by atoms with Gasteiger partial charge in [0.2, 0.25) is 0 Å². The summed E-state index contributed by atoms with van der Waals surface area (Å²) in [5.41, 5.74) is 0.959. The Morgan fingerprint density at radius 2 is 2.09 bits per heavy atom. The summed E-state index contributed by atoms with van der Waals surface area (Å²) < 4.78 is 0. The first kappa shape index (κ1) is 7.88. The summed E-state index contributed by atoms with van der Waals surface area (Å²) in [6.07, 6.45) is 9.38. The highest BCUT2D eigenvalue weighted by molar-refractivity contribution is 5.45. The first-order chi connectivity index (χ1) is 5.43. The van der Waals surface area contributed by atoms with Crippen molar-refractivity contribution >= 4 is 6.08 Å². The van der Waals surface area contributed by atoms with E-state index in [0.29, 0.717) is 6.42 Å². The normalized spacial score (nSPS) is 10.6. The predicted octanol–water partition coefficient (Wildman–Crippen LogP) is 0.872. The van der Waals surface area contributed by atoms with E-state index in [0.717, 1.165) is 5.56 Å². The molecule has 0 atom stereocenters. The van der Waals surface area contributed by atoms with Gasteiger partial charge in [-0.15, -0.1) is 0 Å². The van der Waals surface area contributed by atoms with Crippen LogP contribution in [0.3, 0.4) is 0 Å². The molecule has 3 nitrogen and oxygen atoms in total. The van der Waals surface area contributed by atoms with Crippen LogP contribution >= 0.6 is 0 Å². The van der Waals surface area contributed by atoms with Gasteiger partial charge in [-0.05, 0) is 6.42 Å². The summed E-state index contributed by atoms with van der Waals surface area (Å²) >= 11 is 0. The number of aromatic nitrogens is 2. The lowest BCUT2D eigenvalue weighted by Crippen LogP contribution is -1.79. The van der Waals surface area contributed by atoms with Gasteiger partial charge in [0.15, 0.2) is 0 Å². The molecule has 1 N–H and O–H groups in total. The van der Waals surface area contributed by atoms with E-state index in [1.807, 2.05) is 12.2 Å². The van der Waals surface area contributed by atoms with Crippen LogP contribution in [0.2, 0.25) is 0 Å². The summed E-state index contributed by atoms with van der Waals surface area (Å²) in [5.74, 6) is 0. The van der Waals surface area contributed by atoms with Gasteiger partial charge in [-0.25, -0.2) is 9.97 Å². The Balaban J connectivity index is 2.50. The lowest BCUT2D eigenvalue weighted by Gasteiger charge is -1.88. The summed E-state index contributed by atoms with van der Waals surface area (Å²) in [6.45, 7) is 0.185. The number of rotatable bonds is 3. The molecule has 0 fully saturated rings. The third-order valence-corrected chi connectivity index (χ3v) is 1.19. The molecular weight excluding hydrogens is 140 g/mol. The van der Waals surface area contributed by atoms with E-state index in [1.54, 1.807) is 12.4 Å². The molecule has 11 heavy (non-hydrogen) atoms. The summed E-state index contributed by atoms with van der Waals surface area (Å²) in [6, 6.07) is 0.